The number of nitrogens with zero attached hydrogens (tertiary/aromatic N) is 1. The molecule has 0 heterocycles. The van der Waals surface area contributed by atoms with Gasteiger partial charge in [-0.3, -0.25) is 5.43 Å². The average Bonchev–Trinajstić information content (AvgIpc) is 3.32. The van der Waals surface area contributed by atoms with Crippen LogP contribution in [-0.4, -0.2) is 12.0 Å². The van der Waals surface area contributed by atoms with Crippen LogP contribution in [0.2, 0.25) is 0 Å². The third kappa shape index (κ3) is 3.97. The molecule has 1 aliphatic rings. The molecule has 1 aliphatic carbocycles. The molecule has 3 rings (SSSR count). The SMILES string of the molecule is NNC(=NC1CC1)Nc1cccc(Oc2ccccc2)c1. The molecule has 2 aromatic carbocycles. The molecular weight excluding hydrogens is 264 g/mol. The molecule has 4 N–H and O–H groups in total. The molecule has 0 spiro atoms. The van der Waals surface area contributed by atoms with E-state index in [2.05, 4.69) is 15.7 Å². The van der Waals surface area contributed by atoms with E-state index in [9.17, 15) is 0 Å². The molecule has 5 heteroatoms. The first kappa shape index (κ1) is 13.5. The highest BCUT2D eigenvalue weighted by atomic mass is 16.5. The number of nitrogens with two attached hydrogens (primary N) is 1. The largest absolute Gasteiger partial charge is 0.457 e. The molecule has 5 nitrogen and oxygen atoms in total. The fourth-order valence-corrected chi connectivity index (χ4v) is 1.89. The Hall–Kier alpha value is -2.53. The number of rotatable bonds is 4. The van der Waals surface area contributed by atoms with Crippen molar-refractivity contribution in [3.8, 4) is 11.5 Å². The van der Waals surface area contributed by atoms with Crippen molar-refractivity contribution in [3.63, 3.8) is 0 Å². The van der Waals surface area contributed by atoms with E-state index in [-0.39, 0.29) is 0 Å². The molecule has 0 atom stereocenters. The number of anilines is 1. The van der Waals surface area contributed by atoms with Gasteiger partial charge in [0.15, 0.2) is 0 Å². The summed E-state index contributed by atoms with van der Waals surface area (Å²) in [5, 5.41) is 3.16. The fourth-order valence-electron chi connectivity index (χ4n) is 1.89. The van der Waals surface area contributed by atoms with Gasteiger partial charge in [-0.2, -0.15) is 0 Å². The number of benzene rings is 2. The monoisotopic (exact) mass is 282 g/mol. The van der Waals surface area contributed by atoms with Gasteiger partial charge in [-0.05, 0) is 37.1 Å². The number of aliphatic imine (C=N–C) groups is 1. The molecule has 0 radical (unpaired) electrons. The molecule has 0 aliphatic heterocycles. The van der Waals surface area contributed by atoms with Crippen LogP contribution < -0.4 is 21.3 Å². The highest BCUT2D eigenvalue weighted by molar-refractivity contribution is 5.93. The summed E-state index contributed by atoms with van der Waals surface area (Å²) in [6.45, 7) is 0. The summed E-state index contributed by atoms with van der Waals surface area (Å²) in [6, 6.07) is 17.8. The van der Waals surface area contributed by atoms with Crippen LogP contribution in [0.15, 0.2) is 59.6 Å². The van der Waals surface area contributed by atoms with E-state index < -0.39 is 0 Å². The third-order valence-corrected chi connectivity index (χ3v) is 3.07. The predicted molar refractivity (Wildman–Crippen MR) is 84.4 cm³/mol. The topological polar surface area (TPSA) is 71.7 Å². The Morgan fingerprint density at radius 1 is 1.05 bits per heavy atom. The van der Waals surface area contributed by atoms with Gasteiger partial charge in [0.25, 0.3) is 0 Å². The summed E-state index contributed by atoms with van der Waals surface area (Å²) in [5.41, 5.74) is 3.46. The van der Waals surface area contributed by atoms with Gasteiger partial charge in [0.05, 0.1) is 6.04 Å². The van der Waals surface area contributed by atoms with Crippen molar-refractivity contribution in [2.45, 2.75) is 18.9 Å². The molecule has 0 saturated heterocycles. The zero-order chi connectivity index (χ0) is 14.5. The second kappa shape index (κ2) is 6.28. The van der Waals surface area contributed by atoms with Crippen molar-refractivity contribution in [3.05, 3.63) is 54.6 Å². The highest BCUT2D eigenvalue weighted by Crippen LogP contribution is 2.25. The third-order valence-electron chi connectivity index (χ3n) is 3.07. The van der Waals surface area contributed by atoms with Gasteiger partial charge in [-0.25, -0.2) is 10.8 Å². The minimum atomic E-state index is 0.396. The van der Waals surface area contributed by atoms with Crippen LogP contribution in [0.1, 0.15) is 12.8 Å². The maximum atomic E-state index is 5.80. The maximum Gasteiger partial charge on any atom is 0.210 e. The molecule has 0 aromatic heterocycles. The number of hydrazine groups is 1. The van der Waals surface area contributed by atoms with Crippen molar-refractivity contribution in [2.75, 3.05) is 5.32 Å². The number of nitrogens with one attached hydrogen (secondary N) is 2. The van der Waals surface area contributed by atoms with Gasteiger partial charge in [-0.1, -0.05) is 24.3 Å². The van der Waals surface area contributed by atoms with E-state index >= 15 is 0 Å². The molecule has 0 unspecified atom stereocenters. The van der Waals surface area contributed by atoms with Crippen LogP contribution in [0.25, 0.3) is 0 Å². The average molecular weight is 282 g/mol. The standard InChI is InChI=1S/C16H18N4O/c17-20-16(18-12-9-10-12)19-13-5-4-8-15(11-13)21-14-6-2-1-3-7-14/h1-8,11-12H,9-10,17H2,(H2,18,19,20). The van der Waals surface area contributed by atoms with Gasteiger partial charge in [-0.15, -0.1) is 0 Å². The Labute approximate surface area is 123 Å². The van der Waals surface area contributed by atoms with Gasteiger partial charge in [0.2, 0.25) is 5.96 Å². The quantitative estimate of drug-likeness (QED) is 0.349. The number of hydrogen-bond donors (Lipinski definition) is 3. The van der Waals surface area contributed by atoms with E-state index in [1.807, 2.05) is 54.6 Å². The van der Waals surface area contributed by atoms with Crippen LogP contribution in [-0.2, 0) is 0 Å². The summed E-state index contributed by atoms with van der Waals surface area (Å²) >= 11 is 0. The lowest BCUT2D eigenvalue weighted by atomic mass is 10.3. The van der Waals surface area contributed by atoms with Crippen molar-refractivity contribution in [1.82, 2.24) is 5.43 Å². The van der Waals surface area contributed by atoms with E-state index in [0.717, 1.165) is 30.0 Å². The fraction of sp³-hybridized carbons (Fsp3) is 0.188. The number of hydrogen-bond acceptors (Lipinski definition) is 3. The van der Waals surface area contributed by atoms with Crippen molar-refractivity contribution >= 4 is 11.6 Å². The molecule has 1 saturated carbocycles. The van der Waals surface area contributed by atoms with E-state index in [1.165, 1.54) is 0 Å². The second-order valence-electron chi connectivity index (χ2n) is 4.92. The number of para-hydroxylation sites is 1. The number of guanidine groups is 1. The normalized spacial score (nSPS) is 14.6. The maximum absolute atomic E-state index is 5.80. The molecule has 0 bridgehead atoms. The van der Waals surface area contributed by atoms with E-state index in [1.54, 1.807) is 0 Å². The van der Waals surface area contributed by atoms with Crippen LogP contribution in [0, 0.1) is 0 Å². The van der Waals surface area contributed by atoms with Crippen LogP contribution in [0.3, 0.4) is 0 Å². The van der Waals surface area contributed by atoms with Gasteiger partial charge >= 0.3 is 0 Å². The highest BCUT2D eigenvalue weighted by Gasteiger charge is 2.21. The smallest absolute Gasteiger partial charge is 0.210 e. The van der Waals surface area contributed by atoms with Crippen LogP contribution >= 0.6 is 0 Å². The first-order valence-electron chi connectivity index (χ1n) is 6.98. The Bertz CT molecular complexity index is 623. The predicted octanol–water partition coefficient (Wildman–Crippen LogP) is 2.87. The Morgan fingerprint density at radius 3 is 2.52 bits per heavy atom. The summed E-state index contributed by atoms with van der Waals surface area (Å²) in [5.74, 6) is 7.62. The minimum absolute atomic E-state index is 0.396. The van der Waals surface area contributed by atoms with Crippen LogP contribution in [0.5, 0.6) is 11.5 Å². The van der Waals surface area contributed by atoms with Crippen LogP contribution in [0.4, 0.5) is 5.69 Å². The Morgan fingerprint density at radius 2 is 1.81 bits per heavy atom. The van der Waals surface area contributed by atoms with Gasteiger partial charge in [0.1, 0.15) is 11.5 Å². The first-order chi connectivity index (χ1) is 10.3. The first-order valence-corrected chi connectivity index (χ1v) is 6.98. The molecule has 108 valence electrons. The Balaban J connectivity index is 1.70. The van der Waals surface area contributed by atoms with Crippen molar-refractivity contribution < 1.29 is 4.74 Å². The Kier molecular flexibility index (Phi) is 4.02. The van der Waals surface area contributed by atoms with Gasteiger partial charge < -0.3 is 10.1 Å². The summed E-state index contributed by atoms with van der Waals surface area (Å²) < 4.78 is 5.80. The molecule has 0 amide bonds. The summed E-state index contributed by atoms with van der Waals surface area (Å²) in [7, 11) is 0. The zero-order valence-electron chi connectivity index (χ0n) is 11.6. The van der Waals surface area contributed by atoms with Crippen molar-refractivity contribution in [2.24, 2.45) is 10.8 Å². The summed E-state index contributed by atoms with van der Waals surface area (Å²) in [4.78, 5) is 4.44. The van der Waals surface area contributed by atoms with E-state index in [4.69, 9.17) is 10.6 Å². The second-order valence-corrected chi connectivity index (χ2v) is 4.92. The summed E-state index contributed by atoms with van der Waals surface area (Å²) in [6.07, 6.45) is 2.26. The molecular formula is C16H18N4O. The number of ether oxygens (including phenoxy) is 1. The molecule has 21 heavy (non-hydrogen) atoms. The van der Waals surface area contributed by atoms with Crippen molar-refractivity contribution in [1.29, 1.82) is 0 Å². The van der Waals surface area contributed by atoms with E-state index in [0.29, 0.717) is 12.0 Å². The van der Waals surface area contributed by atoms with Gasteiger partial charge in [0, 0.05) is 11.8 Å². The zero-order valence-corrected chi connectivity index (χ0v) is 11.6. The lowest BCUT2D eigenvalue weighted by Gasteiger charge is -2.11. The molecule has 1 fully saturated rings. The lowest BCUT2D eigenvalue weighted by molar-refractivity contribution is 0.483. The molecule has 2 aromatic rings. The minimum Gasteiger partial charge on any atom is -0.457 e. The lowest BCUT2D eigenvalue weighted by Crippen LogP contribution is -2.36.